The van der Waals surface area contributed by atoms with E-state index in [4.69, 9.17) is 9.47 Å². The van der Waals surface area contributed by atoms with Crippen LogP contribution in [0.25, 0.3) is 0 Å². The Bertz CT molecular complexity index is 1240. The largest absolute Gasteiger partial charge is 0.488 e. The van der Waals surface area contributed by atoms with Crippen molar-refractivity contribution in [2.75, 3.05) is 0 Å². The molecule has 36 heavy (non-hydrogen) atoms. The third-order valence-electron chi connectivity index (χ3n) is 5.69. The van der Waals surface area contributed by atoms with Gasteiger partial charge in [0.25, 0.3) is 0 Å². The van der Waals surface area contributed by atoms with E-state index >= 15 is 0 Å². The Morgan fingerprint density at radius 1 is 0.528 bits per heavy atom. The first-order valence-electron chi connectivity index (χ1n) is 12.5. The zero-order valence-corrected chi connectivity index (χ0v) is 23.0. The van der Waals surface area contributed by atoms with Crippen molar-refractivity contribution in [3.8, 4) is 17.2 Å². The lowest BCUT2D eigenvalue weighted by atomic mass is 9.87. The van der Waals surface area contributed by atoms with Crippen molar-refractivity contribution in [3.05, 3.63) is 114 Å². The van der Waals surface area contributed by atoms with Gasteiger partial charge in [0, 0.05) is 9.79 Å². The fourth-order valence-corrected chi connectivity index (χ4v) is 4.63. The second kappa shape index (κ2) is 10.8. The smallest absolute Gasteiger partial charge is 0.127 e. The lowest BCUT2D eigenvalue weighted by Crippen LogP contribution is -2.22. The minimum Gasteiger partial charge on any atom is -0.488 e. The molecule has 0 saturated carbocycles. The van der Waals surface area contributed by atoms with E-state index in [2.05, 4.69) is 102 Å². The van der Waals surface area contributed by atoms with E-state index < -0.39 is 0 Å². The molecular formula is C33H36O2S. The molecule has 0 aliphatic rings. The predicted molar refractivity (Wildman–Crippen MR) is 152 cm³/mol. The molecule has 4 rings (SSSR count). The van der Waals surface area contributed by atoms with Crippen molar-refractivity contribution in [1.29, 1.82) is 0 Å². The Kier molecular flexibility index (Phi) is 7.80. The van der Waals surface area contributed by atoms with Crippen LogP contribution in [0.2, 0.25) is 0 Å². The topological polar surface area (TPSA) is 18.5 Å². The quantitative estimate of drug-likeness (QED) is 0.254. The van der Waals surface area contributed by atoms with Gasteiger partial charge in [-0.15, -0.1) is 0 Å². The third-order valence-corrected chi connectivity index (χ3v) is 6.71. The van der Waals surface area contributed by atoms with Gasteiger partial charge in [-0.25, -0.2) is 0 Å². The molecular weight excluding hydrogens is 460 g/mol. The Morgan fingerprint density at radius 2 is 0.944 bits per heavy atom. The lowest BCUT2D eigenvalue weighted by Gasteiger charge is -2.21. The van der Waals surface area contributed by atoms with Crippen LogP contribution in [0, 0.1) is 0 Å². The van der Waals surface area contributed by atoms with Crippen LogP contribution in [-0.2, 0) is 11.8 Å². The fraction of sp³-hybridized carbons (Fsp3) is 0.273. The number of hydrogen-bond acceptors (Lipinski definition) is 3. The summed E-state index contributed by atoms with van der Waals surface area (Å²) in [5.41, 5.74) is 3.84. The molecule has 0 radical (unpaired) electrons. The molecule has 0 aromatic heterocycles. The summed E-state index contributed by atoms with van der Waals surface area (Å²) in [4.78, 5) is 2.43. The van der Waals surface area contributed by atoms with Gasteiger partial charge < -0.3 is 9.47 Å². The maximum atomic E-state index is 6.08. The monoisotopic (exact) mass is 496 g/mol. The summed E-state index contributed by atoms with van der Waals surface area (Å²) in [6.45, 7) is 12.9. The van der Waals surface area contributed by atoms with Crippen LogP contribution in [0.4, 0.5) is 0 Å². The van der Waals surface area contributed by atoms with Crippen LogP contribution in [0.1, 0.15) is 58.2 Å². The van der Waals surface area contributed by atoms with Gasteiger partial charge in [-0.2, -0.15) is 0 Å². The summed E-state index contributed by atoms with van der Waals surface area (Å²) < 4.78 is 12.0. The number of rotatable bonds is 7. The highest BCUT2D eigenvalue weighted by molar-refractivity contribution is 7.99. The molecule has 0 heterocycles. The zero-order chi connectivity index (χ0) is 25.8. The Hall–Kier alpha value is -3.17. The summed E-state index contributed by atoms with van der Waals surface area (Å²) >= 11 is 1.76. The molecule has 0 aliphatic carbocycles. The molecule has 3 heteroatoms. The highest BCUT2D eigenvalue weighted by Crippen LogP contribution is 2.32. The maximum Gasteiger partial charge on any atom is 0.127 e. The van der Waals surface area contributed by atoms with Crippen molar-refractivity contribution in [2.24, 2.45) is 0 Å². The Balaban J connectivity index is 1.31. The molecule has 4 aromatic rings. The summed E-state index contributed by atoms with van der Waals surface area (Å²) in [5, 5.41) is 0. The standard InChI is InChI=1S/C33H36O2S/c1-32(2,3)26-11-19-30(20-12-26)36-31-21-17-28(18-22-31)34-27-13-7-24(8-14-27)23-25-9-15-29(16-10-25)35-33(4,5)6/h7-22H,23H2,1-6H3. The second-order valence-electron chi connectivity index (χ2n) is 11.1. The number of hydrogen-bond donors (Lipinski definition) is 0. The molecule has 0 bridgehead atoms. The van der Waals surface area contributed by atoms with Gasteiger partial charge >= 0.3 is 0 Å². The van der Waals surface area contributed by atoms with Gasteiger partial charge in [0.1, 0.15) is 22.8 Å². The first-order valence-corrected chi connectivity index (χ1v) is 13.3. The molecule has 0 aliphatic heterocycles. The molecule has 0 N–H and O–H groups in total. The van der Waals surface area contributed by atoms with Crippen LogP contribution in [0.3, 0.4) is 0 Å². The van der Waals surface area contributed by atoms with E-state index in [0.717, 1.165) is 23.7 Å². The van der Waals surface area contributed by atoms with E-state index in [1.54, 1.807) is 11.8 Å². The van der Waals surface area contributed by atoms with Gasteiger partial charge in [-0.3, -0.25) is 0 Å². The highest BCUT2D eigenvalue weighted by atomic mass is 32.2. The predicted octanol–water partition coefficient (Wildman–Crippen LogP) is 9.70. The van der Waals surface area contributed by atoms with Crippen LogP contribution in [0.5, 0.6) is 17.2 Å². The molecule has 4 aromatic carbocycles. The van der Waals surface area contributed by atoms with E-state index in [-0.39, 0.29) is 11.0 Å². The Morgan fingerprint density at radius 3 is 1.39 bits per heavy atom. The second-order valence-corrected chi connectivity index (χ2v) is 12.3. The molecule has 0 spiro atoms. The minimum atomic E-state index is -0.186. The van der Waals surface area contributed by atoms with Gasteiger partial charge in [0.15, 0.2) is 0 Å². The van der Waals surface area contributed by atoms with Crippen molar-refractivity contribution in [3.63, 3.8) is 0 Å². The number of ether oxygens (including phenoxy) is 2. The van der Waals surface area contributed by atoms with Crippen molar-refractivity contribution in [2.45, 2.75) is 68.8 Å². The van der Waals surface area contributed by atoms with E-state index in [1.165, 1.54) is 26.5 Å². The third kappa shape index (κ3) is 7.66. The molecule has 0 unspecified atom stereocenters. The Labute approximate surface area is 220 Å². The van der Waals surface area contributed by atoms with Gasteiger partial charge in [0.05, 0.1) is 0 Å². The molecule has 0 amide bonds. The fourth-order valence-electron chi connectivity index (χ4n) is 3.81. The van der Waals surface area contributed by atoms with Crippen LogP contribution in [-0.4, -0.2) is 5.60 Å². The molecule has 0 saturated heterocycles. The summed E-state index contributed by atoms with van der Waals surface area (Å²) in [5.74, 6) is 2.58. The van der Waals surface area contributed by atoms with Crippen LogP contribution < -0.4 is 9.47 Å². The lowest BCUT2D eigenvalue weighted by molar-refractivity contribution is 0.131. The van der Waals surface area contributed by atoms with Crippen LogP contribution in [0.15, 0.2) is 107 Å². The highest BCUT2D eigenvalue weighted by Gasteiger charge is 2.13. The molecule has 0 atom stereocenters. The van der Waals surface area contributed by atoms with Gasteiger partial charge in [-0.05, 0) is 110 Å². The molecule has 2 nitrogen and oxygen atoms in total. The van der Waals surface area contributed by atoms with Crippen molar-refractivity contribution >= 4 is 11.8 Å². The maximum absolute atomic E-state index is 6.08. The van der Waals surface area contributed by atoms with E-state index in [9.17, 15) is 0 Å². The van der Waals surface area contributed by atoms with E-state index in [1.807, 2.05) is 36.4 Å². The van der Waals surface area contributed by atoms with Crippen molar-refractivity contribution in [1.82, 2.24) is 0 Å². The average Bonchev–Trinajstić information content (AvgIpc) is 2.82. The van der Waals surface area contributed by atoms with Crippen LogP contribution >= 0.6 is 11.8 Å². The first-order chi connectivity index (χ1) is 17.0. The van der Waals surface area contributed by atoms with Crippen molar-refractivity contribution < 1.29 is 9.47 Å². The first kappa shape index (κ1) is 25.9. The van der Waals surface area contributed by atoms with E-state index in [0.29, 0.717) is 0 Å². The molecule has 186 valence electrons. The normalized spacial score (nSPS) is 11.8. The zero-order valence-electron chi connectivity index (χ0n) is 22.2. The average molecular weight is 497 g/mol. The SMILES string of the molecule is CC(C)(C)Oc1ccc(Cc2ccc(Oc3ccc(Sc4ccc(C(C)(C)C)cc4)cc3)cc2)cc1. The summed E-state index contributed by atoms with van der Waals surface area (Å²) in [7, 11) is 0. The number of benzene rings is 4. The van der Waals surface area contributed by atoms with Gasteiger partial charge in [-0.1, -0.05) is 68.9 Å². The van der Waals surface area contributed by atoms with Gasteiger partial charge in [0.2, 0.25) is 0 Å². The summed E-state index contributed by atoms with van der Waals surface area (Å²) in [6, 6.07) is 33.8. The minimum absolute atomic E-state index is 0.174. The molecule has 0 fully saturated rings. The summed E-state index contributed by atoms with van der Waals surface area (Å²) in [6.07, 6.45) is 0.874.